The van der Waals surface area contributed by atoms with Crippen LogP contribution in [-0.4, -0.2) is 9.96 Å². The van der Waals surface area contributed by atoms with E-state index in [1.54, 1.807) is 30.3 Å². The van der Waals surface area contributed by atoms with Crippen LogP contribution in [0.4, 0.5) is 11.4 Å². The zero-order valence-electron chi connectivity index (χ0n) is 12.9. The summed E-state index contributed by atoms with van der Waals surface area (Å²) in [6, 6.07) is 19.4. The maximum atomic E-state index is 10.6. The standard InChI is InChI=1S/C10H7NO2.C7H8N2O2/c12-11(13)10-7-3-5-8-4-1-2-6-9(8)10;1-6-4-2-3-5-7(6)8-9(10)11/h1-7H;2-5,8H,1H3. The molecular weight excluding hydrogens is 310 g/mol. The molecule has 0 fully saturated rings. The van der Waals surface area contributed by atoms with Crippen LogP contribution in [0.25, 0.3) is 10.8 Å². The number of rotatable bonds is 3. The summed E-state index contributed by atoms with van der Waals surface area (Å²) in [7, 11) is 0. The lowest BCUT2D eigenvalue weighted by Crippen LogP contribution is -2.08. The lowest BCUT2D eigenvalue weighted by Gasteiger charge is -1.99. The number of nitrogens with one attached hydrogen (secondary N) is 1. The van der Waals surface area contributed by atoms with Gasteiger partial charge < -0.3 is 0 Å². The van der Waals surface area contributed by atoms with Gasteiger partial charge in [0.2, 0.25) is 0 Å². The van der Waals surface area contributed by atoms with E-state index in [0.29, 0.717) is 11.1 Å². The van der Waals surface area contributed by atoms with Gasteiger partial charge in [-0.2, -0.15) is 0 Å². The number of anilines is 1. The van der Waals surface area contributed by atoms with Crippen molar-refractivity contribution >= 4 is 22.1 Å². The van der Waals surface area contributed by atoms with Crippen molar-refractivity contribution in [1.29, 1.82) is 0 Å². The van der Waals surface area contributed by atoms with Crippen LogP contribution in [0.15, 0.2) is 66.7 Å². The van der Waals surface area contributed by atoms with Crippen molar-refractivity contribution in [2.24, 2.45) is 0 Å². The maximum absolute atomic E-state index is 10.6. The Morgan fingerprint density at radius 1 is 0.833 bits per heavy atom. The third-order valence-corrected chi connectivity index (χ3v) is 3.32. The van der Waals surface area contributed by atoms with Gasteiger partial charge in [0.1, 0.15) is 5.69 Å². The highest BCUT2D eigenvalue weighted by molar-refractivity contribution is 5.90. The summed E-state index contributed by atoms with van der Waals surface area (Å²) in [6.45, 7) is 1.81. The fourth-order valence-corrected chi connectivity index (χ4v) is 2.16. The minimum atomic E-state index is -0.567. The summed E-state index contributed by atoms with van der Waals surface area (Å²) >= 11 is 0. The zero-order valence-corrected chi connectivity index (χ0v) is 12.9. The van der Waals surface area contributed by atoms with Crippen molar-refractivity contribution < 1.29 is 9.96 Å². The summed E-state index contributed by atoms with van der Waals surface area (Å²) in [5, 5.41) is 21.7. The molecule has 0 saturated heterocycles. The van der Waals surface area contributed by atoms with Crippen LogP contribution in [0.5, 0.6) is 0 Å². The fraction of sp³-hybridized carbons (Fsp3) is 0.0588. The number of hydrogen-bond acceptors (Lipinski definition) is 4. The predicted octanol–water partition coefficient (Wildman–Crippen LogP) is 4.35. The van der Waals surface area contributed by atoms with Crippen LogP contribution in [0.2, 0.25) is 0 Å². The number of nitro benzene ring substituents is 1. The molecule has 0 radical (unpaired) electrons. The van der Waals surface area contributed by atoms with Gasteiger partial charge in [0.15, 0.2) is 5.03 Å². The molecule has 3 rings (SSSR count). The number of aryl methyl sites for hydroxylation is 1. The lowest BCUT2D eigenvalue weighted by molar-refractivity contribution is -0.445. The zero-order chi connectivity index (χ0) is 17.5. The molecule has 0 aliphatic rings. The molecule has 0 atom stereocenters. The molecule has 0 aliphatic carbocycles. The molecule has 0 heterocycles. The first kappa shape index (κ1) is 16.9. The average molecular weight is 325 g/mol. The Hall–Kier alpha value is -3.48. The second kappa shape index (κ2) is 7.68. The van der Waals surface area contributed by atoms with E-state index in [2.05, 4.69) is 5.43 Å². The van der Waals surface area contributed by atoms with E-state index in [1.165, 1.54) is 6.07 Å². The molecule has 0 aromatic heterocycles. The number of nitrogens with zero attached hydrogens (tertiary/aromatic N) is 2. The first-order valence-electron chi connectivity index (χ1n) is 7.08. The van der Waals surface area contributed by atoms with E-state index < -0.39 is 5.03 Å². The fourth-order valence-electron chi connectivity index (χ4n) is 2.16. The largest absolute Gasteiger partial charge is 0.277 e. The van der Waals surface area contributed by atoms with Crippen molar-refractivity contribution in [3.8, 4) is 0 Å². The first-order valence-corrected chi connectivity index (χ1v) is 7.08. The molecule has 1 N–H and O–H groups in total. The highest BCUT2D eigenvalue weighted by Gasteiger charge is 2.08. The number of fused-ring (bicyclic) bond motifs is 1. The SMILES string of the molecule is Cc1ccccc1N[N+](=O)[O-].O=[N+]([O-])c1cccc2ccccc12. The molecule has 7 nitrogen and oxygen atoms in total. The normalized spacial score (nSPS) is 9.71. The quantitative estimate of drug-likeness (QED) is 0.570. The molecule has 0 saturated carbocycles. The Morgan fingerprint density at radius 2 is 1.46 bits per heavy atom. The van der Waals surface area contributed by atoms with Crippen LogP contribution in [0.1, 0.15) is 5.56 Å². The van der Waals surface area contributed by atoms with Gasteiger partial charge in [-0.25, -0.2) is 10.1 Å². The Kier molecular flexibility index (Phi) is 5.40. The Morgan fingerprint density at radius 3 is 2.12 bits per heavy atom. The monoisotopic (exact) mass is 325 g/mol. The smallest absolute Gasteiger partial charge is 0.258 e. The molecule has 0 aliphatic heterocycles. The summed E-state index contributed by atoms with van der Waals surface area (Å²) < 4.78 is 0. The van der Waals surface area contributed by atoms with Crippen molar-refractivity contribution in [3.63, 3.8) is 0 Å². The maximum Gasteiger partial charge on any atom is 0.277 e. The molecule has 3 aromatic rings. The van der Waals surface area contributed by atoms with Crippen LogP contribution in [0, 0.1) is 27.2 Å². The van der Waals surface area contributed by atoms with Crippen molar-refractivity contribution in [3.05, 3.63) is 92.5 Å². The van der Waals surface area contributed by atoms with Crippen LogP contribution in [-0.2, 0) is 0 Å². The van der Waals surface area contributed by atoms with Crippen LogP contribution >= 0.6 is 0 Å². The Bertz CT molecular complexity index is 875. The van der Waals surface area contributed by atoms with Crippen LogP contribution in [0.3, 0.4) is 0 Å². The number of non-ortho nitro benzene ring substituents is 1. The average Bonchev–Trinajstić information content (AvgIpc) is 2.56. The Balaban J connectivity index is 0.000000177. The van der Waals surface area contributed by atoms with Gasteiger partial charge in [0.25, 0.3) is 5.69 Å². The lowest BCUT2D eigenvalue weighted by atomic mass is 10.1. The van der Waals surface area contributed by atoms with Gasteiger partial charge in [-0.3, -0.25) is 10.1 Å². The third kappa shape index (κ3) is 4.26. The minimum absolute atomic E-state index is 0.165. The van der Waals surface area contributed by atoms with Gasteiger partial charge >= 0.3 is 0 Å². The predicted molar refractivity (Wildman–Crippen MR) is 92.4 cm³/mol. The van der Waals surface area contributed by atoms with Crippen molar-refractivity contribution in [2.45, 2.75) is 6.92 Å². The van der Waals surface area contributed by atoms with E-state index >= 15 is 0 Å². The summed E-state index contributed by atoms with van der Waals surface area (Å²) in [6.07, 6.45) is 0. The molecular formula is C17H15N3O4. The minimum Gasteiger partial charge on any atom is -0.258 e. The summed E-state index contributed by atoms with van der Waals surface area (Å²) in [4.78, 5) is 20.3. The molecule has 0 amide bonds. The van der Waals surface area contributed by atoms with Crippen LogP contribution < -0.4 is 5.43 Å². The van der Waals surface area contributed by atoms with E-state index in [1.807, 2.05) is 37.3 Å². The Labute approximate surface area is 137 Å². The van der Waals surface area contributed by atoms with Gasteiger partial charge in [-0.05, 0) is 30.0 Å². The molecule has 0 spiro atoms. The number of hydrogen-bond donors (Lipinski definition) is 1. The van der Waals surface area contributed by atoms with E-state index in [9.17, 15) is 20.2 Å². The number of benzene rings is 3. The third-order valence-electron chi connectivity index (χ3n) is 3.32. The van der Waals surface area contributed by atoms with E-state index in [0.717, 1.165) is 10.9 Å². The summed E-state index contributed by atoms with van der Waals surface area (Å²) in [5.41, 5.74) is 3.66. The van der Waals surface area contributed by atoms with Gasteiger partial charge in [-0.1, -0.05) is 48.5 Å². The molecule has 24 heavy (non-hydrogen) atoms. The highest BCUT2D eigenvalue weighted by Crippen LogP contribution is 2.24. The number of para-hydroxylation sites is 1. The van der Waals surface area contributed by atoms with Gasteiger partial charge in [-0.15, -0.1) is 5.43 Å². The molecule has 0 unspecified atom stereocenters. The summed E-state index contributed by atoms with van der Waals surface area (Å²) in [5.74, 6) is 0. The van der Waals surface area contributed by atoms with Crippen molar-refractivity contribution in [2.75, 3.05) is 5.43 Å². The molecule has 7 heteroatoms. The van der Waals surface area contributed by atoms with E-state index in [4.69, 9.17) is 0 Å². The molecule has 122 valence electrons. The number of nitro groups is 2. The number of hydrazine groups is 1. The molecule has 3 aromatic carbocycles. The molecule has 0 bridgehead atoms. The van der Waals surface area contributed by atoms with Gasteiger partial charge in [0, 0.05) is 6.07 Å². The van der Waals surface area contributed by atoms with Crippen molar-refractivity contribution in [1.82, 2.24) is 0 Å². The van der Waals surface area contributed by atoms with Gasteiger partial charge in [0.05, 0.1) is 10.3 Å². The first-order chi connectivity index (χ1) is 11.5. The topological polar surface area (TPSA) is 98.3 Å². The second-order valence-corrected chi connectivity index (χ2v) is 4.94. The second-order valence-electron chi connectivity index (χ2n) is 4.94. The van der Waals surface area contributed by atoms with E-state index in [-0.39, 0.29) is 10.6 Å². The highest BCUT2D eigenvalue weighted by atomic mass is 16.7.